The minimum atomic E-state index is 0.0713. The number of benzene rings is 1. The van der Waals surface area contributed by atoms with Crippen LogP contribution in [-0.2, 0) is 4.79 Å². The van der Waals surface area contributed by atoms with Crippen LogP contribution in [0, 0.1) is 5.92 Å². The summed E-state index contributed by atoms with van der Waals surface area (Å²) in [5.74, 6) is 0.167. The average molecular weight is 303 g/mol. The van der Waals surface area contributed by atoms with Crippen LogP contribution in [0.2, 0.25) is 0 Å². The Hall–Kier alpha value is -1.86. The summed E-state index contributed by atoms with van der Waals surface area (Å²) in [7, 11) is 0. The summed E-state index contributed by atoms with van der Waals surface area (Å²) in [6, 6.07) is 7.74. The summed E-state index contributed by atoms with van der Waals surface area (Å²) in [5, 5.41) is 13.6. The first-order chi connectivity index (χ1) is 10.3. The molecule has 2 aromatic rings. The molecule has 7 heteroatoms. The van der Waals surface area contributed by atoms with Gasteiger partial charge in [-0.05, 0) is 43.7 Å². The number of aromatic amines is 1. The predicted molar refractivity (Wildman–Crippen MR) is 81.2 cm³/mol. The third-order valence-electron chi connectivity index (χ3n) is 3.40. The molecular weight excluding hydrogens is 286 g/mol. The lowest BCUT2D eigenvalue weighted by atomic mass is 9.99. The van der Waals surface area contributed by atoms with Crippen molar-refractivity contribution in [2.75, 3.05) is 18.4 Å². The third-order valence-corrected chi connectivity index (χ3v) is 4.29. The minimum Gasteiger partial charge on any atom is -0.326 e. The molecule has 1 amide bonds. The average Bonchev–Trinajstić information content (AvgIpc) is 3.03. The van der Waals surface area contributed by atoms with Crippen LogP contribution in [0.15, 0.2) is 40.6 Å². The van der Waals surface area contributed by atoms with Crippen molar-refractivity contribution in [3.63, 3.8) is 0 Å². The van der Waals surface area contributed by atoms with Gasteiger partial charge >= 0.3 is 0 Å². The van der Waals surface area contributed by atoms with E-state index in [2.05, 4.69) is 25.8 Å². The molecular formula is C14H17N5OS. The van der Waals surface area contributed by atoms with Crippen molar-refractivity contribution >= 4 is 23.4 Å². The molecule has 1 saturated heterocycles. The van der Waals surface area contributed by atoms with Gasteiger partial charge in [0, 0.05) is 17.1 Å². The van der Waals surface area contributed by atoms with Crippen molar-refractivity contribution in [3.05, 3.63) is 30.6 Å². The van der Waals surface area contributed by atoms with Gasteiger partial charge in [-0.25, -0.2) is 4.98 Å². The Morgan fingerprint density at radius 2 is 2.19 bits per heavy atom. The van der Waals surface area contributed by atoms with Crippen molar-refractivity contribution in [1.29, 1.82) is 0 Å². The summed E-state index contributed by atoms with van der Waals surface area (Å²) >= 11 is 1.50. The standard InChI is InChI=1S/C14H17N5OS/c20-13(10-2-1-7-15-8-10)18-11-3-5-12(6-4-11)21-14-16-9-17-19-14/h3-6,9-10,15H,1-2,7-8H2,(H,18,20)(H,16,17,19)/t10-/m1/s1. The SMILES string of the molecule is O=C(Nc1ccc(Sc2ncn[nH]2)cc1)[C@@H]1CCCNC1. The van der Waals surface area contributed by atoms with E-state index in [1.54, 1.807) is 0 Å². The zero-order chi connectivity index (χ0) is 14.5. The van der Waals surface area contributed by atoms with Crippen LogP contribution in [0.1, 0.15) is 12.8 Å². The van der Waals surface area contributed by atoms with Crippen molar-refractivity contribution < 1.29 is 4.79 Å². The third kappa shape index (κ3) is 3.83. The molecule has 6 nitrogen and oxygen atoms in total. The van der Waals surface area contributed by atoms with Crippen molar-refractivity contribution in [2.24, 2.45) is 5.92 Å². The maximum Gasteiger partial charge on any atom is 0.228 e. The number of nitrogens with one attached hydrogen (secondary N) is 3. The highest BCUT2D eigenvalue weighted by Gasteiger charge is 2.20. The fraction of sp³-hybridized carbons (Fsp3) is 0.357. The van der Waals surface area contributed by atoms with Gasteiger partial charge in [-0.1, -0.05) is 11.8 Å². The maximum absolute atomic E-state index is 12.1. The van der Waals surface area contributed by atoms with Crippen molar-refractivity contribution in [3.8, 4) is 0 Å². The smallest absolute Gasteiger partial charge is 0.228 e. The second-order valence-corrected chi connectivity index (χ2v) is 6.01. The van der Waals surface area contributed by atoms with E-state index in [4.69, 9.17) is 0 Å². The zero-order valence-electron chi connectivity index (χ0n) is 11.5. The lowest BCUT2D eigenvalue weighted by Gasteiger charge is -2.21. The normalized spacial score (nSPS) is 18.4. The zero-order valence-corrected chi connectivity index (χ0v) is 12.3. The number of H-pyrrole nitrogens is 1. The largest absolute Gasteiger partial charge is 0.326 e. The Morgan fingerprint density at radius 3 is 2.86 bits per heavy atom. The highest BCUT2D eigenvalue weighted by Crippen LogP contribution is 2.25. The molecule has 0 unspecified atom stereocenters. The highest BCUT2D eigenvalue weighted by atomic mass is 32.2. The maximum atomic E-state index is 12.1. The molecule has 1 aliphatic rings. The summed E-state index contributed by atoms with van der Waals surface area (Å²) in [4.78, 5) is 17.2. The minimum absolute atomic E-state index is 0.0713. The molecule has 1 fully saturated rings. The molecule has 1 atom stereocenters. The Balaban J connectivity index is 1.57. The first kappa shape index (κ1) is 14.1. The van der Waals surface area contributed by atoms with Gasteiger partial charge in [-0.2, -0.15) is 5.10 Å². The molecule has 110 valence electrons. The summed E-state index contributed by atoms with van der Waals surface area (Å²) in [6.45, 7) is 1.78. The first-order valence-corrected chi connectivity index (χ1v) is 7.78. The van der Waals surface area contributed by atoms with Crippen LogP contribution in [0.5, 0.6) is 0 Å². The molecule has 0 bridgehead atoms. The summed E-state index contributed by atoms with van der Waals surface area (Å²) in [5.41, 5.74) is 0.826. The van der Waals surface area contributed by atoms with E-state index in [-0.39, 0.29) is 11.8 Å². The topological polar surface area (TPSA) is 82.7 Å². The number of carbonyl (C=O) groups is 1. The van der Waals surface area contributed by atoms with Gasteiger partial charge in [0.05, 0.1) is 5.92 Å². The Kier molecular flexibility index (Phi) is 4.52. The molecule has 1 aliphatic heterocycles. The highest BCUT2D eigenvalue weighted by molar-refractivity contribution is 7.99. The van der Waals surface area contributed by atoms with Crippen LogP contribution in [0.3, 0.4) is 0 Å². The van der Waals surface area contributed by atoms with Gasteiger partial charge in [0.25, 0.3) is 0 Å². The van der Waals surface area contributed by atoms with Crippen LogP contribution < -0.4 is 10.6 Å². The second kappa shape index (κ2) is 6.73. The van der Waals surface area contributed by atoms with Gasteiger partial charge in [0.1, 0.15) is 6.33 Å². The molecule has 3 N–H and O–H groups in total. The Bertz CT molecular complexity index is 578. The molecule has 0 aliphatic carbocycles. The van der Waals surface area contributed by atoms with Gasteiger partial charge < -0.3 is 10.6 Å². The quantitative estimate of drug-likeness (QED) is 0.803. The Labute approximate surface area is 127 Å². The fourth-order valence-electron chi connectivity index (χ4n) is 2.28. The molecule has 1 aromatic carbocycles. The molecule has 2 heterocycles. The lowest BCUT2D eigenvalue weighted by molar-refractivity contribution is -0.120. The Morgan fingerprint density at radius 1 is 1.33 bits per heavy atom. The molecule has 0 radical (unpaired) electrons. The van der Waals surface area contributed by atoms with E-state index in [0.29, 0.717) is 0 Å². The van der Waals surface area contributed by atoms with E-state index < -0.39 is 0 Å². The van der Waals surface area contributed by atoms with Crippen molar-refractivity contribution in [1.82, 2.24) is 20.5 Å². The van der Waals surface area contributed by atoms with Gasteiger partial charge in [-0.3, -0.25) is 9.89 Å². The van der Waals surface area contributed by atoms with Crippen LogP contribution in [0.4, 0.5) is 5.69 Å². The number of carbonyl (C=O) groups excluding carboxylic acids is 1. The lowest BCUT2D eigenvalue weighted by Crippen LogP contribution is -2.37. The number of anilines is 1. The number of rotatable bonds is 4. The van der Waals surface area contributed by atoms with E-state index in [1.165, 1.54) is 18.1 Å². The number of piperidine rings is 1. The molecule has 3 rings (SSSR count). The number of hydrogen-bond donors (Lipinski definition) is 3. The van der Waals surface area contributed by atoms with E-state index in [9.17, 15) is 4.79 Å². The van der Waals surface area contributed by atoms with Crippen LogP contribution >= 0.6 is 11.8 Å². The molecule has 0 saturated carbocycles. The van der Waals surface area contributed by atoms with E-state index in [1.807, 2.05) is 24.3 Å². The molecule has 1 aromatic heterocycles. The van der Waals surface area contributed by atoms with E-state index >= 15 is 0 Å². The fourth-order valence-corrected chi connectivity index (χ4v) is 2.97. The van der Waals surface area contributed by atoms with Crippen molar-refractivity contribution in [2.45, 2.75) is 22.9 Å². The van der Waals surface area contributed by atoms with Crippen LogP contribution in [0.25, 0.3) is 0 Å². The van der Waals surface area contributed by atoms with E-state index in [0.717, 1.165) is 41.7 Å². The number of aromatic nitrogens is 3. The molecule has 21 heavy (non-hydrogen) atoms. The number of hydrogen-bond acceptors (Lipinski definition) is 5. The summed E-state index contributed by atoms with van der Waals surface area (Å²) in [6.07, 6.45) is 3.50. The monoisotopic (exact) mass is 303 g/mol. The number of nitrogens with zero attached hydrogens (tertiary/aromatic N) is 2. The number of amides is 1. The van der Waals surface area contributed by atoms with Crippen LogP contribution in [-0.4, -0.2) is 34.2 Å². The van der Waals surface area contributed by atoms with Gasteiger partial charge in [0.2, 0.25) is 5.91 Å². The predicted octanol–water partition coefficient (Wildman–Crippen LogP) is 1.89. The van der Waals surface area contributed by atoms with Gasteiger partial charge in [0.15, 0.2) is 5.16 Å². The van der Waals surface area contributed by atoms with Gasteiger partial charge in [-0.15, -0.1) is 0 Å². The molecule has 0 spiro atoms. The summed E-state index contributed by atoms with van der Waals surface area (Å²) < 4.78 is 0. The first-order valence-electron chi connectivity index (χ1n) is 6.96. The second-order valence-electron chi connectivity index (χ2n) is 4.95.